The smallest absolute Gasteiger partial charge is 0.338 e. The third-order valence-corrected chi connectivity index (χ3v) is 2.58. The number of carbonyl (C=O) groups is 2. The molecule has 0 saturated carbocycles. The van der Waals surface area contributed by atoms with Crippen molar-refractivity contribution in [2.45, 2.75) is 13.3 Å². The summed E-state index contributed by atoms with van der Waals surface area (Å²) in [7, 11) is 0. The van der Waals surface area contributed by atoms with Gasteiger partial charge in [0.1, 0.15) is 0 Å². The number of hydrogen-bond acceptors (Lipinski definition) is 4. The van der Waals surface area contributed by atoms with Gasteiger partial charge in [-0.2, -0.15) is 5.26 Å². The largest absolute Gasteiger partial charge is 0.462 e. The number of carbonyl (C=O) groups excluding carboxylic acids is 2. The van der Waals surface area contributed by atoms with Crippen LogP contribution in [0.5, 0.6) is 0 Å². The number of ether oxygens (including phenoxy) is 1. The van der Waals surface area contributed by atoms with Crippen molar-refractivity contribution in [2.24, 2.45) is 0 Å². The molecule has 0 saturated heterocycles. The van der Waals surface area contributed by atoms with Crippen molar-refractivity contribution in [3.63, 3.8) is 0 Å². The number of alkyl halides is 1. The summed E-state index contributed by atoms with van der Waals surface area (Å²) in [4.78, 5) is 22.7. The zero-order chi connectivity index (χ0) is 13.5. The second kappa shape index (κ2) is 6.77. The first-order valence-electron chi connectivity index (χ1n) is 5.40. The van der Waals surface area contributed by atoms with E-state index in [4.69, 9.17) is 21.6 Å². The molecule has 1 aromatic carbocycles. The van der Waals surface area contributed by atoms with Crippen LogP contribution in [0.3, 0.4) is 0 Å². The number of esters is 1. The van der Waals surface area contributed by atoms with E-state index in [0.717, 1.165) is 0 Å². The molecule has 0 unspecified atom stereocenters. The lowest BCUT2D eigenvalue weighted by Gasteiger charge is -2.05. The molecule has 0 heterocycles. The molecule has 0 spiro atoms. The van der Waals surface area contributed by atoms with Crippen molar-refractivity contribution >= 4 is 23.4 Å². The Morgan fingerprint density at radius 3 is 2.72 bits per heavy atom. The Kier molecular flexibility index (Phi) is 5.34. The van der Waals surface area contributed by atoms with E-state index in [0.29, 0.717) is 16.7 Å². The van der Waals surface area contributed by atoms with Crippen molar-refractivity contribution < 1.29 is 14.3 Å². The summed E-state index contributed by atoms with van der Waals surface area (Å²) in [5.41, 5.74) is 1.16. The number of hydrogen-bond donors (Lipinski definition) is 0. The molecule has 94 valence electrons. The van der Waals surface area contributed by atoms with Crippen molar-refractivity contribution in [3.8, 4) is 6.07 Å². The molecule has 4 nitrogen and oxygen atoms in total. The highest BCUT2D eigenvalue weighted by Crippen LogP contribution is 2.13. The van der Waals surface area contributed by atoms with Crippen LogP contribution in [0.25, 0.3) is 0 Å². The predicted octanol–water partition coefficient (Wildman–Crippen LogP) is 2.09. The van der Waals surface area contributed by atoms with Crippen molar-refractivity contribution in [2.75, 3.05) is 12.5 Å². The summed E-state index contributed by atoms with van der Waals surface area (Å²) in [6.45, 7) is 1.98. The molecule has 1 aromatic rings. The molecule has 5 heteroatoms. The molecule has 0 atom stereocenters. The monoisotopic (exact) mass is 265 g/mol. The molecule has 0 radical (unpaired) electrons. The first-order valence-corrected chi connectivity index (χ1v) is 5.93. The molecule has 1 rings (SSSR count). The van der Waals surface area contributed by atoms with E-state index in [1.165, 1.54) is 12.1 Å². The van der Waals surface area contributed by atoms with Gasteiger partial charge in [-0.05, 0) is 24.6 Å². The number of rotatable bonds is 5. The van der Waals surface area contributed by atoms with Gasteiger partial charge in [-0.25, -0.2) is 4.79 Å². The first kappa shape index (κ1) is 14.2. The van der Waals surface area contributed by atoms with Crippen LogP contribution in [0.2, 0.25) is 0 Å². The lowest BCUT2D eigenvalue weighted by Crippen LogP contribution is -2.08. The van der Waals surface area contributed by atoms with Crippen LogP contribution >= 0.6 is 11.6 Å². The highest BCUT2D eigenvalue weighted by Gasteiger charge is 2.12. The molecule has 18 heavy (non-hydrogen) atoms. The van der Waals surface area contributed by atoms with Gasteiger partial charge < -0.3 is 4.74 Å². The molecule has 0 aliphatic heterocycles. The number of nitrogens with zero attached hydrogens (tertiary/aromatic N) is 1. The van der Waals surface area contributed by atoms with Gasteiger partial charge in [0.25, 0.3) is 0 Å². The van der Waals surface area contributed by atoms with Crippen LogP contribution < -0.4 is 0 Å². The van der Waals surface area contributed by atoms with Crippen LogP contribution in [0.1, 0.15) is 28.4 Å². The number of ketones is 1. The number of nitriles is 1. The lowest BCUT2D eigenvalue weighted by molar-refractivity contribution is -0.116. The normalized spacial score (nSPS) is 9.61. The Hall–Kier alpha value is -1.86. The van der Waals surface area contributed by atoms with Crippen molar-refractivity contribution in [3.05, 3.63) is 34.9 Å². The van der Waals surface area contributed by atoms with Crippen LogP contribution in [-0.2, 0) is 16.0 Å². The van der Waals surface area contributed by atoms with Crippen molar-refractivity contribution in [1.29, 1.82) is 5.26 Å². The van der Waals surface area contributed by atoms with E-state index >= 15 is 0 Å². The Labute approximate surface area is 110 Å². The zero-order valence-electron chi connectivity index (χ0n) is 9.90. The fourth-order valence-corrected chi connectivity index (χ4v) is 1.53. The molecular weight excluding hydrogens is 254 g/mol. The Morgan fingerprint density at radius 1 is 1.44 bits per heavy atom. The molecule has 0 bridgehead atoms. The van der Waals surface area contributed by atoms with E-state index < -0.39 is 5.97 Å². The van der Waals surface area contributed by atoms with E-state index in [9.17, 15) is 9.59 Å². The molecule has 0 N–H and O–H groups in total. The summed E-state index contributed by atoms with van der Waals surface area (Å²) in [5.74, 6) is -0.744. The second-order valence-corrected chi connectivity index (χ2v) is 3.82. The van der Waals surface area contributed by atoms with E-state index in [1.54, 1.807) is 13.0 Å². The van der Waals surface area contributed by atoms with Crippen LogP contribution in [0, 0.1) is 11.3 Å². The summed E-state index contributed by atoms with van der Waals surface area (Å²) in [6.07, 6.45) is 0.0928. The molecule has 0 aliphatic rings. The van der Waals surface area contributed by atoms with E-state index in [2.05, 4.69) is 0 Å². The maximum Gasteiger partial charge on any atom is 0.338 e. The molecular formula is C13H12ClNO3. The van der Waals surface area contributed by atoms with Gasteiger partial charge >= 0.3 is 5.97 Å². The summed E-state index contributed by atoms with van der Waals surface area (Å²) in [6, 6.07) is 6.50. The maximum absolute atomic E-state index is 11.5. The standard InChI is InChI=1S/C13H12ClNO3/c1-2-18-13(17)10-4-3-9(6-12(16)7-14)11(5-10)8-15/h3-5H,2,6-7H2,1H3. The maximum atomic E-state index is 11.5. The SMILES string of the molecule is CCOC(=O)c1ccc(CC(=O)CCl)c(C#N)c1. The van der Waals surface area contributed by atoms with Gasteiger partial charge in [0.15, 0.2) is 5.78 Å². The Morgan fingerprint density at radius 2 is 2.17 bits per heavy atom. The fourth-order valence-electron chi connectivity index (χ4n) is 1.44. The minimum atomic E-state index is -0.482. The third kappa shape index (κ3) is 3.57. The third-order valence-electron chi connectivity index (χ3n) is 2.28. The summed E-state index contributed by atoms with van der Waals surface area (Å²) < 4.78 is 4.83. The second-order valence-electron chi connectivity index (χ2n) is 3.55. The van der Waals surface area contributed by atoms with Gasteiger partial charge in [-0.15, -0.1) is 11.6 Å². The number of halogens is 1. The van der Waals surface area contributed by atoms with Gasteiger partial charge in [0.05, 0.1) is 29.7 Å². The van der Waals surface area contributed by atoms with Gasteiger partial charge in [-0.3, -0.25) is 4.79 Å². The summed E-state index contributed by atoms with van der Waals surface area (Å²) >= 11 is 5.41. The molecule has 0 aliphatic carbocycles. The van der Waals surface area contributed by atoms with Crippen molar-refractivity contribution in [1.82, 2.24) is 0 Å². The average molecular weight is 266 g/mol. The fraction of sp³-hybridized carbons (Fsp3) is 0.308. The molecule has 0 amide bonds. The highest BCUT2D eigenvalue weighted by molar-refractivity contribution is 6.27. The topological polar surface area (TPSA) is 67.2 Å². The van der Waals surface area contributed by atoms with E-state index in [1.807, 2.05) is 6.07 Å². The predicted molar refractivity (Wildman–Crippen MR) is 66.5 cm³/mol. The highest BCUT2D eigenvalue weighted by atomic mass is 35.5. The number of benzene rings is 1. The van der Waals surface area contributed by atoms with Gasteiger partial charge in [0, 0.05) is 6.42 Å². The zero-order valence-corrected chi connectivity index (χ0v) is 10.7. The molecule has 0 aromatic heterocycles. The van der Waals surface area contributed by atoms with E-state index in [-0.39, 0.29) is 24.7 Å². The number of Topliss-reactive ketones (excluding diaryl/α,β-unsaturated/α-hetero) is 1. The first-order chi connectivity index (χ1) is 8.62. The molecule has 0 fully saturated rings. The Balaban J connectivity index is 3.01. The van der Waals surface area contributed by atoms with Crippen LogP contribution in [0.15, 0.2) is 18.2 Å². The summed E-state index contributed by atoms with van der Waals surface area (Å²) in [5, 5.41) is 8.99. The minimum Gasteiger partial charge on any atom is -0.462 e. The Bertz CT molecular complexity index is 505. The van der Waals surface area contributed by atoms with Crippen LogP contribution in [0.4, 0.5) is 0 Å². The van der Waals surface area contributed by atoms with Crippen LogP contribution in [-0.4, -0.2) is 24.2 Å². The minimum absolute atomic E-state index is 0.0928. The average Bonchev–Trinajstić information content (AvgIpc) is 2.39. The quantitative estimate of drug-likeness (QED) is 0.604. The van der Waals surface area contributed by atoms with Gasteiger partial charge in [0.2, 0.25) is 0 Å². The lowest BCUT2D eigenvalue weighted by atomic mass is 10.0. The van der Waals surface area contributed by atoms with Gasteiger partial charge in [-0.1, -0.05) is 6.07 Å².